The van der Waals surface area contributed by atoms with Crippen LogP contribution in [-0.4, -0.2) is 203 Å². The first-order valence-electron chi connectivity index (χ1n) is 39.8. The molecule has 24 nitrogen and oxygen atoms in total. The molecule has 0 atom stereocenters. The van der Waals surface area contributed by atoms with E-state index in [1.54, 1.807) is 7.11 Å². The van der Waals surface area contributed by atoms with Crippen molar-refractivity contribution in [3.63, 3.8) is 0 Å². The van der Waals surface area contributed by atoms with E-state index in [9.17, 15) is 28.8 Å². The van der Waals surface area contributed by atoms with E-state index in [4.69, 9.17) is 47.6 Å². The van der Waals surface area contributed by atoms with Crippen LogP contribution in [0.5, 0.6) is 17.2 Å². The van der Waals surface area contributed by atoms with Gasteiger partial charge in [-0.3, -0.25) is 9.59 Å². The monoisotopic (exact) mass is 1520 g/mol. The number of likely N-dealkylation sites (tertiary alicyclic amines) is 5. The minimum absolute atomic E-state index is 0.0105. The molecule has 5 fully saturated rings. The molecule has 606 valence electrons. The van der Waals surface area contributed by atoms with Crippen LogP contribution in [0.25, 0.3) is 0 Å². The quantitative estimate of drug-likeness (QED) is 0.0356. The van der Waals surface area contributed by atoms with Crippen molar-refractivity contribution >= 4 is 36.1 Å². The summed E-state index contributed by atoms with van der Waals surface area (Å²) in [7, 11) is 3.03. The van der Waals surface area contributed by atoms with E-state index in [2.05, 4.69) is 93.5 Å². The minimum Gasteiger partial charge on any atom is -0.496 e. The van der Waals surface area contributed by atoms with Gasteiger partial charge in [0.15, 0.2) is 11.5 Å². The number of ether oxygens (including phenoxy) is 5. The number of carbonyl (C=O) groups is 6. The van der Waals surface area contributed by atoms with Crippen molar-refractivity contribution in [2.75, 3.05) is 119 Å². The van der Waals surface area contributed by atoms with E-state index in [0.717, 1.165) is 126 Å². The van der Waals surface area contributed by atoms with Crippen LogP contribution >= 0.6 is 0 Å². The number of esters is 1. The van der Waals surface area contributed by atoms with Crippen LogP contribution in [0.1, 0.15) is 174 Å². The smallest absolute Gasteiger partial charge is 0.410 e. The Hall–Kier alpha value is -8.68. The van der Waals surface area contributed by atoms with Crippen molar-refractivity contribution in [1.29, 1.82) is 0 Å². The summed E-state index contributed by atoms with van der Waals surface area (Å²) in [6, 6.07) is 45.9. The molecule has 0 bridgehead atoms. The van der Waals surface area contributed by atoms with Crippen LogP contribution in [0.2, 0.25) is 0 Å². The molecule has 6 aliphatic heterocycles. The van der Waals surface area contributed by atoms with Gasteiger partial charge < -0.3 is 92.8 Å². The molecular weight excluding hydrogens is 1390 g/mol. The van der Waals surface area contributed by atoms with Crippen molar-refractivity contribution in [2.45, 2.75) is 198 Å². The van der Waals surface area contributed by atoms with Crippen molar-refractivity contribution < 1.29 is 52.5 Å². The van der Waals surface area contributed by atoms with Gasteiger partial charge >= 0.3 is 30.2 Å². The van der Waals surface area contributed by atoms with Gasteiger partial charge in [0.1, 0.15) is 11.4 Å². The SMILES string of the molecule is CC(C)(C)OC(=O)N1CCC(CN)(CCc2ccccc2)CC1.CC(C)NC(=O)N1CCC(CN)(c2ccc3c(c2)OCO3)CC1.CC(C)NC(=O)N1CCC(CN)(c2ccccc2)CC1.COC(=O)CCC(=O)N1CCC(CN)(c2ccccc2)CC1.COc1ccccc1C1(CN)CCN(C(=O)NC(C)C)CC1. The Morgan fingerprint density at radius 2 is 0.836 bits per heavy atom. The fraction of sp³-hybridized carbons (Fsp3) is 0.581. The number of methoxy groups -OCH3 is 2. The summed E-state index contributed by atoms with van der Waals surface area (Å²) in [5, 5.41) is 8.86. The zero-order valence-corrected chi connectivity index (χ0v) is 67.8. The molecule has 0 aromatic heterocycles. The lowest BCUT2D eigenvalue weighted by Crippen LogP contribution is -2.52. The number of urea groups is 3. The fourth-order valence-electron chi connectivity index (χ4n) is 15.5. The summed E-state index contributed by atoms with van der Waals surface area (Å²) in [6.07, 6.45) is 11.2. The maximum absolute atomic E-state index is 12.2. The normalized spacial score (nSPS) is 17.9. The summed E-state index contributed by atoms with van der Waals surface area (Å²) in [5.41, 5.74) is 36.2. The number of benzene rings is 5. The largest absolute Gasteiger partial charge is 0.496 e. The third kappa shape index (κ3) is 24.9. The van der Waals surface area contributed by atoms with E-state index in [-0.39, 0.29) is 101 Å². The average molecular weight is 1520 g/mol. The number of aryl methyl sites for hydroxylation is 1. The van der Waals surface area contributed by atoms with E-state index >= 15 is 0 Å². The molecule has 5 saturated heterocycles. The maximum Gasteiger partial charge on any atom is 0.410 e. The molecule has 11 rings (SSSR count). The number of nitrogens with one attached hydrogen (secondary N) is 3. The molecule has 0 radical (unpaired) electrons. The molecule has 0 aliphatic carbocycles. The van der Waals surface area contributed by atoms with Gasteiger partial charge in [0.05, 0.1) is 20.6 Å². The molecule has 0 spiro atoms. The summed E-state index contributed by atoms with van der Waals surface area (Å²) >= 11 is 0. The molecule has 8 amide bonds. The first kappa shape index (κ1) is 88.5. The number of nitrogens with zero attached hydrogens (tertiary/aromatic N) is 5. The topological polar surface area (TPSA) is 331 Å². The second-order valence-corrected chi connectivity index (χ2v) is 32.3. The third-order valence-electron chi connectivity index (χ3n) is 22.8. The lowest BCUT2D eigenvalue weighted by atomic mass is 9.72. The van der Waals surface area contributed by atoms with Crippen LogP contribution in [0.4, 0.5) is 19.2 Å². The highest BCUT2D eigenvalue weighted by Crippen LogP contribution is 2.43. The molecule has 24 heteroatoms. The Balaban J connectivity index is 0.000000191. The molecule has 13 N–H and O–H groups in total. The molecule has 5 aromatic carbocycles. The highest BCUT2D eigenvalue weighted by atomic mass is 16.7. The number of rotatable bonds is 19. The van der Waals surface area contributed by atoms with Crippen molar-refractivity contribution in [1.82, 2.24) is 40.4 Å². The first-order chi connectivity index (χ1) is 52.6. The Bertz CT molecular complexity index is 3630. The van der Waals surface area contributed by atoms with Gasteiger partial charge in [0.2, 0.25) is 12.7 Å². The Morgan fingerprint density at radius 3 is 1.25 bits per heavy atom. The van der Waals surface area contributed by atoms with Gasteiger partial charge in [-0.05, 0) is 192 Å². The Kier molecular flexibility index (Phi) is 33.9. The van der Waals surface area contributed by atoms with Crippen LogP contribution in [0.15, 0.2) is 133 Å². The summed E-state index contributed by atoms with van der Waals surface area (Å²) in [5.74, 6) is 2.13. The number of hydrogen-bond acceptors (Lipinski definition) is 16. The van der Waals surface area contributed by atoms with E-state index in [1.165, 1.54) is 29.4 Å². The van der Waals surface area contributed by atoms with Gasteiger partial charge in [-0.15, -0.1) is 0 Å². The van der Waals surface area contributed by atoms with Crippen molar-refractivity contribution in [3.05, 3.63) is 161 Å². The van der Waals surface area contributed by atoms with E-state index in [1.807, 2.05) is 147 Å². The van der Waals surface area contributed by atoms with Gasteiger partial charge in [-0.25, -0.2) is 19.2 Å². The number of nitrogens with two attached hydrogens (primary N) is 5. The third-order valence-corrected chi connectivity index (χ3v) is 22.8. The van der Waals surface area contributed by atoms with Gasteiger partial charge in [0.25, 0.3) is 0 Å². The highest BCUT2D eigenvalue weighted by Gasteiger charge is 2.42. The summed E-state index contributed by atoms with van der Waals surface area (Å²) in [6.45, 7) is 28.1. The minimum atomic E-state index is -0.438. The van der Waals surface area contributed by atoms with Crippen LogP contribution < -0.4 is 58.8 Å². The zero-order chi connectivity index (χ0) is 80.1. The standard InChI is InChI=1S/C19H30N2O2.C17H25N3O3.C17H27N3O2.C17H24N2O3.C16H25N3O/c1-18(2,3)23-17(22)21-13-11-19(15-20,12-14-21)10-9-16-7-5-4-6-8-16;1-12(2)19-16(21)20-7-5-17(10-18,6-8-20)13-3-4-14-15(9-13)23-11-22-14;1-13(2)19-16(21)20-10-8-17(12-18,9-11-20)14-6-4-5-7-15(14)22-3;1-22-16(21)8-7-15(20)19-11-9-17(13-18,10-12-19)14-5-3-2-4-6-14;1-13(2)18-15(20)19-10-8-16(12-17,9-11-19)14-6-4-3-5-7-14/h4-8H,9-15,20H2,1-3H3;3-4,9,12H,5-8,10-11,18H2,1-2H3,(H,19,21);4-7,13H,8-12,18H2,1-3H3,(H,19,21);2-6H,7-13,18H2,1H3;3-7,13H,8-12,17H2,1-2H3,(H,18,20). The fourth-order valence-corrected chi connectivity index (χ4v) is 15.5. The molecule has 6 heterocycles. The van der Waals surface area contributed by atoms with Crippen LogP contribution in [-0.2, 0) is 47.1 Å². The van der Waals surface area contributed by atoms with Gasteiger partial charge in [0, 0.05) is 143 Å². The van der Waals surface area contributed by atoms with E-state index < -0.39 is 5.60 Å². The second kappa shape index (κ2) is 42.1. The average Bonchev–Trinajstić information content (AvgIpc) is 1.24. The lowest BCUT2D eigenvalue weighted by Gasteiger charge is -2.42. The number of amides is 8. The Labute approximate surface area is 655 Å². The molecule has 0 unspecified atom stereocenters. The summed E-state index contributed by atoms with van der Waals surface area (Å²) < 4.78 is 26.4. The number of para-hydroxylation sites is 1. The predicted octanol–water partition coefficient (Wildman–Crippen LogP) is 11.1. The zero-order valence-electron chi connectivity index (χ0n) is 67.8. The van der Waals surface area contributed by atoms with Crippen LogP contribution in [0.3, 0.4) is 0 Å². The number of piperidine rings is 5. The van der Waals surface area contributed by atoms with Gasteiger partial charge in [-0.1, -0.05) is 115 Å². The molecule has 0 saturated carbocycles. The lowest BCUT2D eigenvalue weighted by molar-refractivity contribution is -0.144. The van der Waals surface area contributed by atoms with E-state index in [0.29, 0.717) is 72.0 Å². The number of carbonyl (C=O) groups excluding carboxylic acids is 6. The number of fused-ring (bicyclic) bond motifs is 1. The molecule has 6 aliphatic rings. The first-order valence-corrected chi connectivity index (χ1v) is 39.8. The van der Waals surface area contributed by atoms with Crippen LogP contribution in [0, 0.1) is 5.41 Å². The molecule has 110 heavy (non-hydrogen) atoms. The molecule has 5 aromatic rings. The van der Waals surface area contributed by atoms with Crippen molar-refractivity contribution in [2.24, 2.45) is 34.1 Å². The number of hydrogen-bond donors (Lipinski definition) is 8. The Morgan fingerprint density at radius 1 is 0.445 bits per heavy atom. The summed E-state index contributed by atoms with van der Waals surface area (Å²) in [4.78, 5) is 81.0. The maximum atomic E-state index is 12.2. The van der Waals surface area contributed by atoms with Gasteiger partial charge in [-0.2, -0.15) is 0 Å². The predicted molar refractivity (Wildman–Crippen MR) is 435 cm³/mol. The van der Waals surface area contributed by atoms with Crippen molar-refractivity contribution in [3.8, 4) is 17.2 Å². The molecular formula is C86H131N13O11. The highest BCUT2D eigenvalue weighted by molar-refractivity contribution is 5.81. The second-order valence-electron chi connectivity index (χ2n) is 32.3.